The topological polar surface area (TPSA) is 79.4 Å². The van der Waals surface area contributed by atoms with Gasteiger partial charge in [-0.1, -0.05) is 38.5 Å². The van der Waals surface area contributed by atoms with E-state index >= 15 is 0 Å². The van der Waals surface area contributed by atoms with Gasteiger partial charge in [-0.25, -0.2) is 17.7 Å². The summed E-state index contributed by atoms with van der Waals surface area (Å²) in [4.78, 5) is 16.5. The van der Waals surface area contributed by atoms with Crippen molar-refractivity contribution in [3.8, 4) is 0 Å². The maximum Gasteiger partial charge on any atom is 0.244 e. The van der Waals surface area contributed by atoms with Crippen LogP contribution in [-0.2, 0) is 14.8 Å². The second kappa shape index (κ2) is 8.51. The molecule has 1 N–H and O–H groups in total. The van der Waals surface area contributed by atoms with Gasteiger partial charge in [-0.3, -0.25) is 4.79 Å². The third kappa shape index (κ3) is 5.18. The minimum absolute atomic E-state index is 0.00254. The number of thioether (sulfide) groups is 1. The van der Waals surface area contributed by atoms with E-state index < -0.39 is 10.0 Å². The smallest absolute Gasteiger partial charge is 0.244 e. The fraction of sp³-hybridized carbons (Fsp3) is 0.647. The van der Waals surface area contributed by atoms with Gasteiger partial charge in [-0.2, -0.15) is 0 Å². The summed E-state index contributed by atoms with van der Waals surface area (Å²) < 4.78 is 25.2. The molecule has 25 heavy (non-hydrogen) atoms. The average molecular weight is 386 g/mol. The Morgan fingerprint density at radius 1 is 1.32 bits per heavy atom. The lowest BCUT2D eigenvalue weighted by Gasteiger charge is -2.34. The fourth-order valence-corrected chi connectivity index (χ4v) is 4.49. The largest absolute Gasteiger partial charge is 0.352 e. The molecule has 1 fully saturated rings. The third-order valence-electron chi connectivity index (χ3n) is 4.89. The van der Waals surface area contributed by atoms with E-state index in [0.29, 0.717) is 16.9 Å². The molecule has 0 radical (unpaired) electrons. The monoisotopic (exact) mass is 385 g/mol. The minimum Gasteiger partial charge on any atom is -0.352 e. The van der Waals surface area contributed by atoms with Gasteiger partial charge in [0, 0.05) is 26.3 Å². The number of aromatic nitrogens is 1. The number of carbonyl (C=O) groups excluding carboxylic acids is 1. The lowest BCUT2D eigenvalue weighted by molar-refractivity contribution is -0.120. The number of pyridine rings is 1. The van der Waals surface area contributed by atoms with E-state index in [0.717, 1.165) is 17.1 Å². The Kier molecular flexibility index (Phi) is 6.87. The highest BCUT2D eigenvalue weighted by Gasteiger charge is 2.28. The van der Waals surface area contributed by atoms with Gasteiger partial charge >= 0.3 is 0 Å². The van der Waals surface area contributed by atoms with Crippen molar-refractivity contribution in [1.29, 1.82) is 0 Å². The van der Waals surface area contributed by atoms with Gasteiger partial charge < -0.3 is 5.32 Å². The molecule has 8 heteroatoms. The Bertz CT molecular complexity index is 690. The molecule has 1 aromatic rings. The normalized spacial score (nSPS) is 24.3. The third-order valence-corrected chi connectivity index (χ3v) is 7.63. The van der Waals surface area contributed by atoms with Crippen molar-refractivity contribution in [1.82, 2.24) is 14.6 Å². The van der Waals surface area contributed by atoms with Crippen LogP contribution in [0, 0.1) is 11.8 Å². The fourth-order valence-electron chi connectivity index (χ4n) is 2.99. The summed E-state index contributed by atoms with van der Waals surface area (Å²) >= 11 is 1.32. The predicted molar refractivity (Wildman–Crippen MR) is 99.9 cm³/mol. The molecular formula is C17H27N3O3S2. The van der Waals surface area contributed by atoms with Gasteiger partial charge in [0.15, 0.2) is 0 Å². The quantitative estimate of drug-likeness (QED) is 0.761. The summed E-state index contributed by atoms with van der Waals surface area (Å²) in [6.45, 7) is 4.44. The van der Waals surface area contributed by atoms with Crippen molar-refractivity contribution in [2.45, 2.75) is 49.1 Å². The van der Waals surface area contributed by atoms with Gasteiger partial charge in [0.2, 0.25) is 15.9 Å². The van der Waals surface area contributed by atoms with Gasteiger partial charge in [-0.05, 0) is 30.4 Å². The molecule has 1 saturated carbocycles. The van der Waals surface area contributed by atoms with Crippen LogP contribution in [0.2, 0.25) is 0 Å². The lowest BCUT2D eigenvalue weighted by atomic mass is 9.78. The van der Waals surface area contributed by atoms with Crippen LogP contribution >= 0.6 is 11.8 Å². The van der Waals surface area contributed by atoms with Crippen LogP contribution in [0.4, 0.5) is 0 Å². The van der Waals surface area contributed by atoms with Gasteiger partial charge in [-0.15, -0.1) is 0 Å². The average Bonchev–Trinajstić information content (AvgIpc) is 2.57. The first-order valence-corrected chi connectivity index (χ1v) is 10.9. The molecule has 2 rings (SSSR count). The summed E-state index contributed by atoms with van der Waals surface area (Å²) in [5.74, 6) is 1.42. The number of amides is 1. The molecule has 0 aliphatic heterocycles. The Morgan fingerprint density at radius 3 is 2.64 bits per heavy atom. The van der Waals surface area contributed by atoms with E-state index in [-0.39, 0.29) is 22.6 Å². The molecule has 0 spiro atoms. The number of carbonyl (C=O) groups is 1. The Labute approximate surface area is 154 Å². The Morgan fingerprint density at radius 2 is 2.04 bits per heavy atom. The number of nitrogens with zero attached hydrogens (tertiary/aromatic N) is 2. The van der Waals surface area contributed by atoms with Crippen LogP contribution in [0.25, 0.3) is 0 Å². The van der Waals surface area contributed by atoms with E-state index in [1.165, 1.54) is 44.5 Å². The molecule has 140 valence electrons. The number of hydrogen-bond donors (Lipinski definition) is 1. The van der Waals surface area contributed by atoms with Crippen molar-refractivity contribution in [3.05, 3.63) is 18.3 Å². The number of nitrogens with one attached hydrogen (secondary N) is 1. The van der Waals surface area contributed by atoms with Crippen LogP contribution in [0.3, 0.4) is 0 Å². The standard InChI is InChI=1S/C17H27N3O3S2/c1-12-6-5-7-15(13(12)2)19-16(21)11-24-17-9-8-14(10-18-17)25(22,23)20(3)4/h8-10,12-13,15H,5-7,11H2,1-4H3,(H,19,21)/t12-,13+,15+/m0/s1. The van der Waals surface area contributed by atoms with E-state index in [1.807, 2.05) is 0 Å². The van der Waals surface area contributed by atoms with Crippen molar-refractivity contribution in [2.75, 3.05) is 19.8 Å². The van der Waals surface area contributed by atoms with Crippen molar-refractivity contribution >= 4 is 27.7 Å². The zero-order valence-electron chi connectivity index (χ0n) is 15.2. The first-order chi connectivity index (χ1) is 11.7. The maximum absolute atomic E-state index is 12.2. The maximum atomic E-state index is 12.2. The number of rotatable bonds is 6. The summed E-state index contributed by atoms with van der Waals surface area (Å²) in [5, 5.41) is 3.77. The first kappa shape index (κ1) is 20.2. The second-order valence-corrected chi connectivity index (χ2v) is 10.00. The molecule has 0 saturated heterocycles. The van der Waals surface area contributed by atoms with E-state index in [2.05, 4.69) is 24.1 Å². The van der Waals surface area contributed by atoms with Gasteiger partial charge in [0.25, 0.3) is 0 Å². The van der Waals surface area contributed by atoms with E-state index in [9.17, 15) is 13.2 Å². The molecular weight excluding hydrogens is 358 g/mol. The molecule has 0 aromatic carbocycles. The van der Waals surface area contributed by atoms with Crippen LogP contribution in [0.1, 0.15) is 33.1 Å². The zero-order chi connectivity index (χ0) is 18.6. The van der Waals surface area contributed by atoms with Gasteiger partial charge in [0.1, 0.15) is 4.90 Å². The van der Waals surface area contributed by atoms with Crippen LogP contribution in [-0.4, -0.2) is 49.5 Å². The van der Waals surface area contributed by atoms with Crippen LogP contribution < -0.4 is 5.32 Å². The Hall–Kier alpha value is -1.12. The summed E-state index contributed by atoms with van der Waals surface area (Å²) in [6.07, 6.45) is 4.76. The summed E-state index contributed by atoms with van der Waals surface area (Å²) in [6, 6.07) is 3.41. The SMILES string of the molecule is C[C@@H]1[C@@H](C)CCC[C@H]1NC(=O)CSc1ccc(S(=O)(=O)N(C)C)cn1. The molecule has 1 amide bonds. The zero-order valence-corrected chi connectivity index (χ0v) is 16.9. The molecule has 1 aliphatic rings. The highest BCUT2D eigenvalue weighted by atomic mass is 32.2. The molecule has 1 aromatic heterocycles. The molecule has 3 atom stereocenters. The highest BCUT2D eigenvalue weighted by molar-refractivity contribution is 7.99. The minimum atomic E-state index is -3.47. The molecule has 0 unspecified atom stereocenters. The summed E-state index contributed by atoms with van der Waals surface area (Å²) in [5.41, 5.74) is 0. The van der Waals surface area contributed by atoms with Gasteiger partial charge in [0.05, 0.1) is 10.8 Å². The molecule has 1 aliphatic carbocycles. The van der Waals surface area contributed by atoms with E-state index in [4.69, 9.17) is 0 Å². The molecule has 1 heterocycles. The van der Waals surface area contributed by atoms with Crippen molar-refractivity contribution in [3.63, 3.8) is 0 Å². The predicted octanol–water partition coefficient (Wildman–Crippen LogP) is 2.36. The molecule has 0 bridgehead atoms. The number of sulfonamides is 1. The second-order valence-electron chi connectivity index (χ2n) is 6.85. The number of hydrogen-bond acceptors (Lipinski definition) is 5. The van der Waals surface area contributed by atoms with Crippen molar-refractivity contribution < 1.29 is 13.2 Å². The molecule has 6 nitrogen and oxygen atoms in total. The first-order valence-electron chi connectivity index (χ1n) is 8.52. The van der Waals surface area contributed by atoms with E-state index in [1.54, 1.807) is 6.07 Å². The van der Waals surface area contributed by atoms with Crippen molar-refractivity contribution in [2.24, 2.45) is 11.8 Å². The van der Waals surface area contributed by atoms with Crippen LogP contribution in [0.15, 0.2) is 28.3 Å². The highest BCUT2D eigenvalue weighted by Crippen LogP contribution is 2.29. The van der Waals surface area contributed by atoms with Crippen LogP contribution in [0.5, 0.6) is 0 Å². The Balaban J connectivity index is 1.88. The lowest BCUT2D eigenvalue weighted by Crippen LogP contribution is -2.44. The summed E-state index contributed by atoms with van der Waals surface area (Å²) in [7, 11) is -0.510.